The minimum Gasteiger partial charge on any atom is -0.381 e. The first-order valence-electron chi connectivity index (χ1n) is 15.3. The molecule has 13 heteroatoms. The van der Waals surface area contributed by atoms with Gasteiger partial charge < -0.3 is 15.0 Å². The van der Waals surface area contributed by atoms with E-state index in [1.54, 1.807) is 11.6 Å². The molecule has 3 heterocycles. The van der Waals surface area contributed by atoms with Gasteiger partial charge in [-0.3, -0.25) is 19.3 Å². The van der Waals surface area contributed by atoms with Gasteiger partial charge in [-0.2, -0.15) is 23.5 Å². The van der Waals surface area contributed by atoms with Gasteiger partial charge in [-0.1, -0.05) is 12.5 Å². The lowest BCUT2D eigenvalue weighted by Crippen LogP contribution is -2.57. The van der Waals surface area contributed by atoms with Crippen LogP contribution in [-0.2, 0) is 15.7 Å². The monoisotopic (exact) mass is 612 g/mol. The minimum atomic E-state index is -4.63. The van der Waals surface area contributed by atoms with Crippen LogP contribution in [0.5, 0.6) is 0 Å². The molecule has 4 aliphatic rings. The number of anilines is 1. The van der Waals surface area contributed by atoms with Crippen LogP contribution in [0, 0.1) is 17.2 Å². The van der Waals surface area contributed by atoms with Crippen LogP contribution < -0.4 is 10.2 Å². The van der Waals surface area contributed by atoms with Gasteiger partial charge in [0.15, 0.2) is 5.69 Å². The molecule has 2 aromatic rings. The molecule has 44 heavy (non-hydrogen) atoms. The smallest absolute Gasteiger partial charge is 0.381 e. The number of aromatic nitrogens is 2. The van der Waals surface area contributed by atoms with Crippen molar-refractivity contribution in [3.05, 3.63) is 46.6 Å². The molecule has 2 unspecified atom stereocenters. The average molecular weight is 613 g/mol. The molecule has 2 aliphatic carbocycles. The second kappa shape index (κ2) is 11.9. The number of rotatable bonds is 8. The van der Waals surface area contributed by atoms with E-state index in [4.69, 9.17) is 9.84 Å². The average Bonchev–Trinajstić information content (AvgIpc) is 3.76. The Morgan fingerprint density at radius 1 is 1.16 bits per heavy atom. The molecule has 234 valence electrons. The molecule has 0 bridgehead atoms. The number of likely N-dealkylation sites (N-methyl/N-ethyl adjacent to an activating group) is 1. The van der Waals surface area contributed by atoms with Crippen molar-refractivity contribution in [2.24, 2.45) is 5.92 Å². The predicted octanol–water partition coefficient (Wildman–Crippen LogP) is 4.43. The highest BCUT2D eigenvalue weighted by atomic mass is 19.4. The van der Waals surface area contributed by atoms with Gasteiger partial charge >= 0.3 is 6.18 Å². The van der Waals surface area contributed by atoms with Gasteiger partial charge in [-0.05, 0) is 69.6 Å². The molecule has 10 nitrogen and oxygen atoms in total. The van der Waals surface area contributed by atoms with Crippen LogP contribution in [0.3, 0.4) is 0 Å². The van der Waals surface area contributed by atoms with Crippen molar-refractivity contribution in [1.29, 1.82) is 5.26 Å². The lowest BCUT2D eigenvalue weighted by atomic mass is 9.68. The van der Waals surface area contributed by atoms with Crippen LogP contribution >= 0.6 is 0 Å². The van der Waals surface area contributed by atoms with Gasteiger partial charge in [-0.25, -0.2) is 4.68 Å². The van der Waals surface area contributed by atoms with Crippen LogP contribution in [0.15, 0.2) is 24.3 Å². The Labute approximate surface area is 253 Å². The van der Waals surface area contributed by atoms with Crippen molar-refractivity contribution in [1.82, 2.24) is 20.0 Å². The van der Waals surface area contributed by atoms with E-state index in [-0.39, 0.29) is 54.2 Å². The Morgan fingerprint density at radius 2 is 1.89 bits per heavy atom. The number of ether oxygens (including phenoxy) is 1. The van der Waals surface area contributed by atoms with E-state index in [2.05, 4.69) is 11.4 Å². The molecule has 2 aliphatic heterocycles. The molecule has 3 amide bonds. The van der Waals surface area contributed by atoms with Crippen LogP contribution in [-0.4, -0.2) is 70.8 Å². The molecule has 2 saturated carbocycles. The predicted molar refractivity (Wildman–Crippen MR) is 152 cm³/mol. The third kappa shape index (κ3) is 5.44. The summed E-state index contributed by atoms with van der Waals surface area (Å²) in [5, 5.41) is 17.2. The summed E-state index contributed by atoms with van der Waals surface area (Å²) in [6.45, 7) is 2.95. The summed E-state index contributed by atoms with van der Waals surface area (Å²) in [4.78, 5) is 45.0. The van der Waals surface area contributed by atoms with Crippen molar-refractivity contribution in [3.63, 3.8) is 0 Å². The number of nitriles is 1. The number of benzene rings is 1. The van der Waals surface area contributed by atoms with E-state index in [0.717, 1.165) is 50.3 Å². The van der Waals surface area contributed by atoms with Gasteiger partial charge in [0.2, 0.25) is 0 Å². The SMILES string of the molecule is CCN1C(=O)C(NC(=O)c2cccc(C(F)(F)F)c2)C(C2CCC2)c2c(C(=O)N(CC#N)C3CC3)nn(C3CCOCC3)c21. The van der Waals surface area contributed by atoms with Crippen molar-refractivity contribution in [2.75, 3.05) is 31.2 Å². The quantitative estimate of drug-likeness (QED) is 0.441. The fourth-order valence-corrected chi connectivity index (χ4v) is 6.74. The molecule has 0 spiro atoms. The number of halogens is 3. The van der Waals surface area contributed by atoms with Crippen molar-refractivity contribution in [2.45, 2.75) is 82.1 Å². The van der Waals surface area contributed by atoms with Crippen LogP contribution in [0.2, 0.25) is 0 Å². The number of carbonyl (C=O) groups excluding carboxylic acids is 3. The summed E-state index contributed by atoms with van der Waals surface area (Å²) in [6.07, 6.45) is 0.666. The highest BCUT2D eigenvalue weighted by Gasteiger charge is 2.51. The third-order valence-electron chi connectivity index (χ3n) is 9.34. The topological polar surface area (TPSA) is 121 Å². The number of amides is 3. The second-order valence-electron chi connectivity index (χ2n) is 12.0. The number of hydrogen-bond acceptors (Lipinski definition) is 6. The Hall–Kier alpha value is -3.92. The normalized spacial score (nSPS) is 22.6. The van der Waals surface area contributed by atoms with E-state index in [9.17, 15) is 32.8 Å². The lowest BCUT2D eigenvalue weighted by molar-refractivity contribution is -0.137. The number of nitrogens with zero attached hydrogens (tertiary/aromatic N) is 5. The molecule has 3 fully saturated rings. The molecule has 1 saturated heterocycles. The largest absolute Gasteiger partial charge is 0.416 e. The number of carbonyl (C=O) groups is 3. The lowest BCUT2D eigenvalue weighted by Gasteiger charge is -2.44. The van der Waals surface area contributed by atoms with Crippen LogP contribution in [0.25, 0.3) is 0 Å². The zero-order chi connectivity index (χ0) is 31.2. The van der Waals surface area contributed by atoms with E-state index in [0.29, 0.717) is 37.4 Å². The zero-order valence-electron chi connectivity index (χ0n) is 24.5. The minimum absolute atomic E-state index is 0.0484. The van der Waals surface area contributed by atoms with E-state index >= 15 is 0 Å². The summed E-state index contributed by atoms with van der Waals surface area (Å²) >= 11 is 0. The van der Waals surface area contributed by atoms with Gasteiger partial charge in [0.1, 0.15) is 18.4 Å². The summed E-state index contributed by atoms with van der Waals surface area (Å²) in [5.74, 6) is -1.70. The Kier molecular flexibility index (Phi) is 8.13. The second-order valence-corrected chi connectivity index (χ2v) is 12.0. The first kappa shape index (κ1) is 30.1. The first-order valence-corrected chi connectivity index (χ1v) is 15.3. The van der Waals surface area contributed by atoms with Crippen molar-refractivity contribution >= 4 is 23.5 Å². The molecule has 1 aromatic carbocycles. The van der Waals surface area contributed by atoms with Gasteiger partial charge in [0.05, 0.1) is 17.7 Å². The van der Waals surface area contributed by atoms with Crippen LogP contribution in [0.1, 0.15) is 95.8 Å². The summed E-state index contributed by atoms with van der Waals surface area (Å²) < 4.78 is 47.6. The summed E-state index contributed by atoms with van der Waals surface area (Å²) in [6, 6.07) is 4.92. The Balaban J connectivity index is 1.46. The maximum Gasteiger partial charge on any atom is 0.416 e. The fourth-order valence-electron chi connectivity index (χ4n) is 6.74. The molecular weight excluding hydrogens is 577 g/mol. The standard InChI is InChI=1S/C31H35F3N6O4/c1-2-38-28-24(26(30(43)39(14-13-35)21-9-10-21)37-40(28)22-11-15-44-16-12-22)23(18-5-3-6-18)25(29(38)42)36-27(41)19-7-4-8-20(17-19)31(32,33)34/h4,7-8,17-18,21-23,25H,2-3,5-6,9-12,14-16H2,1H3,(H,36,41). The highest BCUT2D eigenvalue weighted by Crippen LogP contribution is 2.50. The fraction of sp³-hybridized carbons (Fsp3) is 0.581. The molecule has 6 rings (SSSR count). The molecule has 2 atom stereocenters. The number of alkyl halides is 3. The van der Waals surface area contributed by atoms with E-state index in [1.165, 1.54) is 15.9 Å². The molecule has 0 radical (unpaired) electrons. The first-order chi connectivity index (χ1) is 21.1. The van der Waals surface area contributed by atoms with Crippen molar-refractivity contribution < 1.29 is 32.3 Å². The van der Waals surface area contributed by atoms with Crippen LogP contribution in [0.4, 0.5) is 19.0 Å². The van der Waals surface area contributed by atoms with Gasteiger partial charge in [0.25, 0.3) is 17.7 Å². The molecule has 1 aromatic heterocycles. The van der Waals surface area contributed by atoms with E-state index < -0.39 is 29.6 Å². The zero-order valence-corrected chi connectivity index (χ0v) is 24.5. The summed E-state index contributed by atoms with van der Waals surface area (Å²) in [5.41, 5.74) is -0.422. The molecular formula is C31H35F3N6O4. The highest BCUT2D eigenvalue weighted by molar-refractivity contribution is 6.07. The molecule has 1 N–H and O–H groups in total. The number of fused-ring (bicyclic) bond motifs is 1. The van der Waals surface area contributed by atoms with Gasteiger partial charge in [0, 0.05) is 42.8 Å². The number of hydrogen-bond donors (Lipinski definition) is 1. The van der Waals surface area contributed by atoms with Gasteiger partial charge in [-0.15, -0.1) is 0 Å². The maximum atomic E-state index is 14.3. The third-order valence-corrected chi connectivity index (χ3v) is 9.34. The number of nitrogens with one attached hydrogen (secondary N) is 1. The van der Waals surface area contributed by atoms with E-state index in [1.807, 2.05) is 0 Å². The Morgan fingerprint density at radius 3 is 2.48 bits per heavy atom. The Bertz CT molecular complexity index is 1490. The maximum absolute atomic E-state index is 14.3. The summed E-state index contributed by atoms with van der Waals surface area (Å²) in [7, 11) is 0. The van der Waals surface area contributed by atoms with Crippen molar-refractivity contribution in [3.8, 4) is 6.07 Å².